The van der Waals surface area contributed by atoms with Gasteiger partial charge in [0, 0.05) is 30.1 Å². The Morgan fingerprint density at radius 1 is 1.48 bits per heavy atom. The molecule has 1 atom stereocenters. The minimum absolute atomic E-state index is 0.0995. The van der Waals surface area contributed by atoms with Crippen LogP contribution in [0.4, 0.5) is 5.69 Å². The monoisotopic (exact) mass is 288 g/mol. The smallest absolute Gasteiger partial charge is 0.257 e. The maximum absolute atomic E-state index is 12.0. The van der Waals surface area contributed by atoms with Gasteiger partial charge >= 0.3 is 0 Å². The molecule has 6 nitrogen and oxygen atoms in total. The summed E-state index contributed by atoms with van der Waals surface area (Å²) in [5.41, 5.74) is 7.99. The SMILES string of the molecule is CCc1noc(-c2ccc(C)c(NC(=O)C(C)CN)c2)n1. The van der Waals surface area contributed by atoms with Gasteiger partial charge in [0.25, 0.3) is 5.89 Å². The third kappa shape index (κ3) is 3.46. The largest absolute Gasteiger partial charge is 0.334 e. The Balaban J connectivity index is 2.26. The van der Waals surface area contributed by atoms with Crippen molar-refractivity contribution >= 4 is 11.6 Å². The summed E-state index contributed by atoms with van der Waals surface area (Å²) >= 11 is 0. The maximum Gasteiger partial charge on any atom is 0.257 e. The van der Waals surface area contributed by atoms with Crippen LogP contribution in [0.5, 0.6) is 0 Å². The van der Waals surface area contributed by atoms with E-state index in [1.54, 1.807) is 6.92 Å². The molecule has 1 heterocycles. The first-order chi connectivity index (χ1) is 10.0. The van der Waals surface area contributed by atoms with Gasteiger partial charge in [-0.3, -0.25) is 4.79 Å². The molecule has 1 amide bonds. The van der Waals surface area contributed by atoms with E-state index in [-0.39, 0.29) is 11.8 Å². The summed E-state index contributed by atoms with van der Waals surface area (Å²) in [5.74, 6) is 0.780. The zero-order valence-corrected chi connectivity index (χ0v) is 12.5. The van der Waals surface area contributed by atoms with Gasteiger partial charge in [-0.05, 0) is 24.6 Å². The third-order valence-electron chi connectivity index (χ3n) is 3.33. The summed E-state index contributed by atoms with van der Waals surface area (Å²) in [6.07, 6.45) is 0.715. The van der Waals surface area contributed by atoms with Crippen LogP contribution in [0, 0.1) is 12.8 Å². The van der Waals surface area contributed by atoms with Crippen molar-refractivity contribution in [2.45, 2.75) is 27.2 Å². The Hall–Kier alpha value is -2.21. The molecule has 1 unspecified atom stereocenters. The van der Waals surface area contributed by atoms with Gasteiger partial charge in [-0.15, -0.1) is 0 Å². The van der Waals surface area contributed by atoms with Crippen molar-refractivity contribution in [1.82, 2.24) is 10.1 Å². The fourth-order valence-electron chi connectivity index (χ4n) is 1.77. The molecule has 2 rings (SSSR count). The molecular weight excluding hydrogens is 268 g/mol. The number of carbonyl (C=O) groups excluding carboxylic acids is 1. The van der Waals surface area contributed by atoms with E-state index in [9.17, 15) is 4.79 Å². The average molecular weight is 288 g/mol. The first kappa shape index (κ1) is 15.2. The van der Waals surface area contributed by atoms with Gasteiger partial charge in [0.05, 0.1) is 0 Å². The van der Waals surface area contributed by atoms with Gasteiger partial charge in [-0.2, -0.15) is 4.98 Å². The van der Waals surface area contributed by atoms with Crippen molar-refractivity contribution in [3.63, 3.8) is 0 Å². The number of hydrogen-bond acceptors (Lipinski definition) is 5. The number of nitrogens with one attached hydrogen (secondary N) is 1. The Kier molecular flexibility index (Phi) is 4.70. The molecule has 1 aromatic heterocycles. The Bertz CT molecular complexity index is 636. The van der Waals surface area contributed by atoms with Crippen LogP contribution in [0.3, 0.4) is 0 Å². The maximum atomic E-state index is 12.0. The van der Waals surface area contributed by atoms with Crippen LogP contribution < -0.4 is 11.1 Å². The van der Waals surface area contributed by atoms with Gasteiger partial charge in [-0.1, -0.05) is 25.1 Å². The lowest BCUT2D eigenvalue weighted by Gasteiger charge is -2.12. The number of amides is 1. The van der Waals surface area contributed by atoms with E-state index in [2.05, 4.69) is 15.5 Å². The summed E-state index contributed by atoms with van der Waals surface area (Å²) in [6.45, 7) is 6.00. The fraction of sp³-hybridized carbons (Fsp3) is 0.400. The molecule has 0 saturated heterocycles. The lowest BCUT2D eigenvalue weighted by atomic mass is 10.1. The summed E-state index contributed by atoms with van der Waals surface area (Å²) < 4.78 is 5.22. The molecule has 3 N–H and O–H groups in total. The molecule has 21 heavy (non-hydrogen) atoms. The van der Waals surface area contributed by atoms with E-state index < -0.39 is 0 Å². The zero-order valence-electron chi connectivity index (χ0n) is 12.5. The molecular formula is C15H20N4O2. The molecule has 2 aromatic rings. The number of rotatable bonds is 5. The topological polar surface area (TPSA) is 94.0 Å². The van der Waals surface area contributed by atoms with Crippen LogP contribution in [0.1, 0.15) is 25.2 Å². The lowest BCUT2D eigenvalue weighted by Crippen LogP contribution is -2.26. The average Bonchev–Trinajstić information content (AvgIpc) is 2.97. The number of aryl methyl sites for hydroxylation is 2. The number of benzene rings is 1. The highest BCUT2D eigenvalue weighted by molar-refractivity contribution is 5.93. The highest BCUT2D eigenvalue weighted by Crippen LogP contribution is 2.24. The molecule has 0 aliphatic heterocycles. The quantitative estimate of drug-likeness (QED) is 0.879. The van der Waals surface area contributed by atoms with E-state index in [4.69, 9.17) is 10.3 Å². The highest BCUT2D eigenvalue weighted by Gasteiger charge is 2.14. The standard InChI is InChI=1S/C15H20N4O2/c1-4-13-18-15(21-19-13)11-6-5-9(2)12(7-11)17-14(20)10(3)8-16/h5-7,10H,4,8,16H2,1-3H3,(H,17,20). The van der Waals surface area contributed by atoms with E-state index in [1.165, 1.54) is 0 Å². The van der Waals surface area contributed by atoms with Crippen LogP contribution in [-0.4, -0.2) is 22.6 Å². The minimum Gasteiger partial charge on any atom is -0.334 e. The number of carbonyl (C=O) groups is 1. The molecule has 112 valence electrons. The highest BCUT2D eigenvalue weighted by atomic mass is 16.5. The van der Waals surface area contributed by atoms with Gasteiger partial charge in [0.1, 0.15) is 0 Å². The Labute approximate surface area is 123 Å². The second-order valence-electron chi connectivity index (χ2n) is 5.03. The molecule has 0 spiro atoms. The zero-order chi connectivity index (χ0) is 15.4. The molecule has 6 heteroatoms. The van der Waals surface area contributed by atoms with Gasteiger partial charge < -0.3 is 15.6 Å². The normalized spacial score (nSPS) is 12.2. The molecule has 0 aliphatic carbocycles. The Morgan fingerprint density at radius 2 is 2.24 bits per heavy atom. The summed E-state index contributed by atoms with van der Waals surface area (Å²) in [5, 5.41) is 6.76. The number of aromatic nitrogens is 2. The van der Waals surface area contributed by atoms with Crippen LogP contribution >= 0.6 is 0 Å². The third-order valence-corrected chi connectivity index (χ3v) is 3.33. The molecule has 0 radical (unpaired) electrons. The fourth-order valence-corrected chi connectivity index (χ4v) is 1.77. The first-order valence-electron chi connectivity index (χ1n) is 6.99. The van der Waals surface area contributed by atoms with Crippen molar-refractivity contribution < 1.29 is 9.32 Å². The lowest BCUT2D eigenvalue weighted by molar-refractivity contribution is -0.119. The molecule has 0 bridgehead atoms. The van der Waals surface area contributed by atoms with Gasteiger partial charge in [0.2, 0.25) is 5.91 Å². The number of nitrogens with zero attached hydrogens (tertiary/aromatic N) is 2. The van der Waals surface area contributed by atoms with E-state index in [0.717, 1.165) is 16.8 Å². The van der Waals surface area contributed by atoms with Crippen LogP contribution in [-0.2, 0) is 11.2 Å². The predicted octanol–water partition coefficient (Wildman–Crippen LogP) is 2.14. The minimum atomic E-state index is -0.233. The molecule has 0 aliphatic rings. The summed E-state index contributed by atoms with van der Waals surface area (Å²) in [6, 6.07) is 5.64. The van der Waals surface area contributed by atoms with Crippen molar-refractivity contribution in [2.75, 3.05) is 11.9 Å². The molecule has 0 saturated carbocycles. The number of anilines is 1. The predicted molar refractivity (Wildman–Crippen MR) is 80.7 cm³/mol. The van der Waals surface area contributed by atoms with E-state index in [0.29, 0.717) is 24.7 Å². The summed E-state index contributed by atoms with van der Waals surface area (Å²) in [4.78, 5) is 16.2. The van der Waals surface area contributed by atoms with Crippen molar-refractivity contribution in [1.29, 1.82) is 0 Å². The van der Waals surface area contributed by atoms with Crippen molar-refractivity contribution in [3.05, 3.63) is 29.6 Å². The summed E-state index contributed by atoms with van der Waals surface area (Å²) in [7, 11) is 0. The Morgan fingerprint density at radius 3 is 2.86 bits per heavy atom. The second kappa shape index (κ2) is 6.49. The van der Waals surface area contributed by atoms with Gasteiger partial charge in [0.15, 0.2) is 5.82 Å². The van der Waals surface area contributed by atoms with Crippen molar-refractivity contribution in [3.8, 4) is 11.5 Å². The van der Waals surface area contributed by atoms with Crippen LogP contribution in [0.2, 0.25) is 0 Å². The van der Waals surface area contributed by atoms with Crippen molar-refractivity contribution in [2.24, 2.45) is 11.7 Å². The van der Waals surface area contributed by atoms with Crippen LogP contribution in [0.15, 0.2) is 22.7 Å². The molecule has 1 aromatic carbocycles. The van der Waals surface area contributed by atoms with E-state index >= 15 is 0 Å². The van der Waals surface area contributed by atoms with Gasteiger partial charge in [-0.25, -0.2) is 0 Å². The van der Waals surface area contributed by atoms with Crippen LogP contribution in [0.25, 0.3) is 11.5 Å². The number of hydrogen-bond donors (Lipinski definition) is 2. The first-order valence-corrected chi connectivity index (χ1v) is 6.99. The van der Waals surface area contributed by atoms with E-state index in [1.807, 2.05) is 32.0 Å². The second-order valence-corrected chi connectivity index (χ2v) is 5.03. The molecule has 0 fully saturated rings. The number of nitrogens with two attached hydrogens (primary N) is 1.